The predicted octanol–water partition coefficient (Wildman–Crippen LogP) is 4.64. The van der Waals surface area contributed by atoms with Gasteiger partial charge >= 0.3 is 0 Å². The summed E-state index contributed by atoms with van der Waals surface area (Å²) in [6.45, 7) is 5.25. The maximum atomic E-state index is 13.1. The van der Waals surface area contributed by atoms with Crippen LogP contribution in [0.25, 0.3) is 0 Å². The van der Waals surface area contributed by atoms with Crippen LogP contribution in [-0.2, 0) is 4.79 Å². The van der Waals surface area contributed by atoms with E-state index < -0.39 is 23.6 Å². The summed E-state index contributed by atoms with van der Waals surface area (Å²) in [5.41, 5.74) is 1.84. The van der Waals surface area contributed by atoms with Crippen molar-refractivity contribution in [3.63, 3.8) is 0 Å². The molecule has 1 N–H and O–H groups in total. The largest absolute Gasteiger partial charge is 0.481 e. The molecule has 0 fully saturated rings. The first-order valence-electron chi connectivity index (χ1n) is 6.97. The molecule has 1 unspecified atom stereocenters. The number of aryl methyl sites for hydroxylation is 2. The average Bonchev–Trinajstić information content (AvgIpc) is 2.48. The van der Waals surface area contributed by atoms with Gasteiger partial charge in [-0.25, -0.2) is 8.78 Å². The minimum absolute atomic E-state index is 0.160. The molecule has 0 saturated heterocycles. The van der Waals surface area contributed by atoms with Crippen LogP contribution in [0.4, 0.5) is 14.5 Å². The third-order valence-electron chi connectivity index (χ3n) is 3.28. The van der Waals surface area contributed by atoms with Crippen LogP contribution in [0.3, 0.4) is 0 Å². The zero-order valence-corrected chi connectivity index (χ0v) is 13.7. The molecule has 3 nitrogen and oxygen atoms in total. The normalized spacial score (nSPS) is 11.9. The van der Waals surface area contributed by atoms with Crippen LogP contribution in [0.2, 0.25) is 5.02 Å². The van der Waals surface area contributed by atoms with Gasteiger partial charge in [-0.15, -0.1) is 0 Å². The van der Waals surface area contributed by atoms with Crippen molar-refractivity contribution in [2.75, 3.05) is 5.32 Å². The second kappa shape index (κ2) is 6.96. The number of carbonyl (C=O) groups is 1. The highest BCUT2D eigenvalue weighted by Gasteiger charge is 2.16. The number of nitrogens with one attached hydrogen (secondary N) is 1. The smallest absolute Gasteiger partial charge is 0.265 e. The number of hydrogen-bond donors (Lipinski definition) is 1. The molecular weight excluding hydrogens is 324 g/mol. The number of benzene rings is 2. The van der Waals surface area contributed by atoms with E-state index in [1.54, 1.807) is 19.1 Å². The Morgan fingerprint density at radius 1 is 1.13 bits per heavy atom. The topological polar surface area (TPSA) is 38.3 Å². The molecule has 2 aromatic carbocycles. The van der Waals surface area contributed by atoms with Crippen LogP contribution in [0.1, 0.15) is 18.1 Å². The molecule has 0 spiro atoms. The molecule has 1 amide bonds. The Kier molecular flexibility index (Phi) is 5.21. The molecule has 1 atom stereocenters. The highest BCUT2D eigenvalue weighted by molar-refractivity contribution is 6.32. The van der Waals surface area contributed by atoms with Crippen molar-refractivity contribution in [1.29, 1.82) is 0 Å². The number of amides is 1. The summed E-state index contributed by atoms with van der Waals surface area (Å²) in [4.78, 5) is 12.1. The molecular formula is C17H16ClF2NO2. The molecule has 0 aliphatic rings. The van der Waals surface area contributed by atoms with Gasteiger partial charge in [0.2, 0.25) is 0 Å². The van der Waals surface area contributed by atoms with E-state index >= 15 is 0 Å². The molecule has 6 heteroatoms. The molecule has 0 aromatic heterocycles. The zero-order valence-electron chi connectivity index (χ0n) is 12.9. The number of hydrogen-bond acceptors (Lipinski definition) is 2. The van der Waals surface area contributed by atoms with Gasteiger partial charge in [-0.1, -0.05) is 11.6 Å². The number of carbonyl (C=O) groups excluding carboxylic acids is 1. The molecule has 0 heterocycles. The van der Waals surface area contributed by atoms with E-state index in [9.17, 15) is 13.6 Å². The zero-order chi connectivity index (χ0) is 17.1. The Labute approximate surface area is 138 Å². The van der Waals surface area contributed by atoms with Gasteiger partial charge in [-0.05, 0) is 56.2 Å². The van der Waals surface area contributed by atoms with E-state index in [2.05, 4.69) is 5.32 Å². The summed E-state index contributed by atoms with van der Waals surface area (Å²) in [7, 11) is 0. The van der Waals surface area contributed by atoms with E-state index in [1.807, 2.05) is 13.8 Å². The third-order valence-corrected chi connectivity index (χ3v) is 3.88. The minimum atomic E-state index is -1.03. The van der Waals surface area contributed by atoms with Gasteiger partial charge in [0.05, 0.1) is 0 Å². The lowest BCUT2D eigenvalue weighted by Gasteiger charge is -2.16. The Hall–Kier alpha value is -2.14. The third kappa shape index (κ3) is 4.20. The number of halogens is 3. The van der Waals surface area contributed by atoms with Gasteiger partial charge < -0.3 is 10.1 Å². The molecule has 2 aromatic rings. The van der Waals surface area contributed by atoms with E-state index in [0.29, 0.717) is 10.8 Å². The first-order chi connectivity index (χ1) is 10.8. The van der Waals surface area contributed by atoms with Crippen molar-refractivity contribution in [2.24, 2.45) is 0 Å². The lowest BCUT2D eigenvalue weighted by molar-refractivity contribution is -0.122. The Morgan fingerprint density at radius 2 is 1.74 bits per heavy atom. The average molecular weight is 340 g/mol. The summed E-state index contributed by atoms with van der Waals surface area (Å²) in [5.74, 6) is -1.96. The van der Waals surface area contributed by atoms with E-state index in [1.165, 1.54) is 6.07 Å². The van der Waals surface area contributed by atoms with Crippen LogP contribution in [0, 0.1) is 25.5 Å². The van der Waals surface area contributed by atoms with Crippen molar-refractivity contribution in [2.45, 2.75) is 26.9 Å². The Balaban J connectivity index is 2.06. The molecule has 0 radical (unpaired) electrons. The molecule has 0 aliphatic heterocycles. The molecule has 0 bridgehead atoms. The van der Waals surface area contributed by atoms with Crippen molar-refractivity contribution < 1.29 is 18.3 Å². The highest BCUT2D eigenvalue weighted by atomic mass is 35.5. The van der Waals surface area contributed by atoms with Crippen molar-refractivity contribution in [3.8, 4) is 5.75 Å². The summed E-state index contributed by atoms with van der Waals surface area (Å²) >= 11 is 6.08. The van der Waals surface area contributed by atoms with Gasteiger partial charge in [0, 0.05) is 16.8 Å². The lowest BCUT2D eigenvalue weighted by atomic mass is 10.1. The molecule has 0 saturated carbocycles. The van der Waals surface area contributed by atoms with Crippen LogP contribution >= 0.6 is 11.6 Å². The number of ether oxygens (including phenoxy) is 1. The molecule has 23 heavy (non-hydrogen) atoms. The van der Waals surface area contributed by atoms with Crippen LogP contribution in [0.15, 0.2) is 30.3 Å². The van der Waals surface area contributed by atoms with Gasteiger partial charge in [0.1, 0.15) is 5.75 Å². The Morgan fingerprint density at radius 3 is 2.30 bits per heavy atom. The fourth-order valence-corrected chi connectivity index (χ4v) is 2.16. The maximum Gasteiger partial charge on any atom is 0.265 e. The van der Waals surface area contributed by atoms with Gasteiger partial charge in [0.15, 0.2) is 17.7 Å². The maximum absolute atomic E-state index is 13.1. The number of anilines is 1. The summed E-state index contributed by atoms with van der Waals surface area (Å²) in [5, 5.41) is 3.12. The predicted molar refractivity (Wildman–Crippen MR) is 86.0 cm³/mol. The standard InChI is InChI=1S/C17H16ClF2NO2/c1-9-6-13(7-10(2)16(9)18)23-11(3)17(22)21-12-4-5-14(19)15(20)8-12/h4-8,11H,1-3H3,(H,21,22). The molecule has 122 valence electrons. The lowest BCUT2D eigenvalue weighted by Crippen LogP contribution is -2.30. The van der Waals surface area contributed by atoms with Gasteiger partial charge in [-0.3, -0.25) is 4.79 Å². The van der Waals surface area contributed by atoms with Crippen LogP contribution in [0.5, 0.6) is 5.75 Å². The van der Waals surface area contributed by atoms with E-state index in [-0.39, 0.29) is 5.69 Å². The fourth-order valence-electron chi connectivity index (χ4n) is 2.05. The van der Waals surface area contributed by atoms with E-state index in [0.717, 1.165) is 23.3 Å². The first-order valence-corrected chi connectivity index (χ1v) is 7.35. The van der Waals surface area contributed by atoms with Crippen LogP contribution < -0.4 is 10.1 Å². The summed E-state index contributed by atoms with van der Waals surface area (Å²) in [6.07, 6.45) is -0.817. The summed E-state index contributed by atoms with van der Waals surface area (Å²) < 4.78 is 31.6. The van der Waals surface area contributed by atoms with Crippen molar-refractivity contribution >= 4 is 23.2 Å². The second-order valence-electron chi connectivity index (χ2n) is 5.25. The molecule has 2 rings (SSSR count). The van der Waals surface area contributed by atoms with Gasteiger partial charge in [0.25, 0.3) is 5.91 Å². The Bertz CT molecular complexity index is 726. The summed E-state index contributed by atoms with van der Waals surface area (Å²) in [6, 6.07) is 6.60. The van der Waals surface area contributed by atoms with Crippen molar-refractivity contribution in [1.82, 2.24) is 0 Å². The fraction of sp³-hybridized carbons (Fsp3) is 0.235. The minimum Gasteiger partial charge on any atom is -0.481 e. The molecule has 0 aliphatic carbocycles. The van der Waals surface area contributed by atoms with Crippen LogP contribution in [-0.4, -0.2) is 12.0 Å². The SMILES string of the molecule is Cc1cc(OC(C)C(=O)Nc2ccc(F)c(F)c2)cc(C)c1Cl. The number of rotatable bonds is 4. The van der Waals surface area contributed by atoms with E-state index in [4.69, 9.17) is 16.3 Å². The quantitative estimate of drug-likeness (QED) is 0.881. The van der Waals surface area contributed by atoms with Gasteiger partial charge in [-0.2, -0.15) is 0 Å². The monoisotopic (exact) mass is 339 g/mol. The highest BCUT2D eigenvalue weighted by Crippen LogP contribution is 2.26. The first kappa shape index (κ1) is 17.2. The second-order valence-corrected chi connectivity index (χ2v) is 5.63. The van der Waals surface area contributed by atoms with Crippen molar-refractivity contribution in [3.05, 3.63) is 58.1 Å².